The number of benzene rings is 2. The number of hydrogen-bond donors (Lipinski definition) is 1. The van der Waals surface area contributed by atoms with Crippen LogP contribution in [0.5, 0.6) is 0 Å². The number of aryl methyl sites for hydroxylation is 2. The van der Waals surface area contributed by atoms with E-state index in [0.717, 1.165) is 19.5 Å². The number of rotatable bonds is 2. The SMILES string of the molecule is Cc1cccc(C)c1CC1CNCc2ccccc21. The van der Waals surface area contributed by atoms with Crippen molar-refractivity contribution in [1.29, 1.82) is 0 Å². The highest BCUT2D eigenvalue weighted by atomic mass is 14.9. The van der Waals surface area contributed by atoms with Gasteiger partial charge in [0.05, 0.1) is 0 Å². The molecule has 2 aromatic carbocycles. The van der Waals surface area contributed by atoms with Crippen LogP contribution in [-0.4, -0.2) is 6.54 Å². The molecule has 0 aromatic heterocycles. The van der Waals surface area contributed by atoms with Crippen molar-refractivity contribution < 1.29 is 0 Å². The topological polar surface area (TPSA) is 12.0 Å². The Labute approximate surface area is 115 Å². The summed E-state index contributed by atoms with van der Waals surface area (Å²) in [6, 6.07) is 15.5. The first kappa shape index (κ1) is 12.4. The first-order chi connectivity index (χ1) is 9.25. The van der Waals surface area contributed by atoms with Crippen molar-refractivity contribution in [3.05, 3.63) is 70.3 Å². The molecule has 0 aliphatic carbocycles. The summed E-state index contributed by atoms with van der Waals surface area (Å²) in [7, 11) is 0. The van der Waals surface area contributed by atoms with Gasteiger partial charge in [0.15, 0.2) is 0 Å². The summed E-state index contributed by atoms with van der Waals surface area (Å²) in [6.45, 7) is 6.55. The largest absolute Gasteiger partial charge is 0.312 e. The lowest BCUT2D eigenvalue weighted by atomic mass is 9.84. The van der Waals surface area contributed by atoms with Crippen LogP contribution >= 0.6 is 0 Å². The summed E-state index contributed by atoms with van der Waals surface area (Å²) in [5, 5.41) is 3.55. The Morgan fingerprint density at radius 1 is 1.00 bits per heavy atom. The molecule has 1 heterocycles. The number of hydrogen-bond acceptors (Lipinski definition) is 1. The van der Waals surface area contributed by atoms with Gasteiger partial charge in [0, 0.05) is 19.0 Å². The normalized spacial score (nSPS) is 18.1. The van der Waals surface area contributed by atoms with Crippen molar-refractivity contribution in [1.82, 2.24) is 5.32 Å². The zero-order valence-electron chi connectivity index (χ0n) is 11.7. The van der Waals surface area contributed by atoms with Crippen LogP contribution in [0.3, 0.4) is 0 Å². The average molecular weight is 251 g/mol. The third-order valence-electron chi connectivity index (χ3n) is 4.30. The van der Waals surface area contributed by atoms with Gasteiger partial charge in [0.1, 0.15) is 0 Å². The summed E-state index contributed by atoms with van der Waals surface area (Å²) in [5.41, 5.74) is 7.35. The van der Waals surface area contributed by atoms with Crippen LogP contribution in [0.25, 0.3) is 0 Å². The highest BCUT2D eigenvalue weighted by Gasteiger charge is 2.20. The molecule has 1 heteroatoms. The molecule has 1 aliphatic heterocycles. The van der Waals surface area contributed by atoms with E-state index in [1.165, 1.54) is 27.8 Å². The smallest absolute Gasteiger partial charge is 0.0208 e. The van der Waals surface area contributed by atoms with E-state index in [1.807, 2.05) is 0 Å². The van der Waals surface area contributed by atoms with Crippen molar-refractivity contribution >= 4 is 0 Å². The van der Waals surface area contributed by atoms with Crippen LogP contribution in [0, 0.1) is 13.8 Å². The van der Waals surface area contributed by atoms with Crippen LogP contribution in [0.4, 0.5) is 0 Å². The quantitative estimate of drug-likeness (QED) is 0.857. The fourth-order valence-corrected chi connectivity index (χ4v) is 3.18. The molecule has 0 radical (unpaired) electrons. The predicted octanol–water partition coefficient (Wildman–Crippen LogP) is 3.73. The molecule has 0 saturated heterocycles. The lowest BCUT2D eigenvalue weighted by Crippen LogP contribution is -2.29. The van der Waals surface area contributed by atoms with Crippen LogP contribution in [0.2, 0.25) is 0 Å². The van der Waals surface area contributed by atoms with Gasteiger partial charge in [-0.25, -0.2) is 0 Å². The second-order valence-electron chi connectivity index (χ2n) is 5.60. The molecule has 1 N–H and O–H groups in total. The average Bonchev–Trinajstić information content (AvgIpc) is 2.43. The minimum atomic E-state index is 0.602. The van der Waals surface area contributed by atoms with Gasteiger partial charge in [-0.15, -0.1) is 0 Å². The third kappa shape index (κ3) is 2.43. The molecule has 1 atom stereocenters. The molecular formula is C18H21N. The van der Waals surface area contributed by atoms with E-state index in [2.05, 4.69) is 61.6 Å². The first-order valence-electron chi connectivity index (χ1n) is 7.09. The fraction of sp³-hybridized carbons (Fsp3) is 0.333. The molecular weight excluding hydrogens is 230 g/mol. The van der Waals surface area contributed by atoms with Gasteiger partial charge in [-0.1, -0.05) is 42.5 Å². The van der Waals surface area contributed by atoms with Crippen LogP contribution in [0.1, 0.15) is 33.7 Å². The standard InChI is InChI=1S/C18H21N/c1-13-6-5-7-14(2)18(13)10-16-12-19-11-15-8-3-4-9-17(15)16/h3-9,16,19H,10-12H2,1-2H3. The van der Waals surface area contributed by atoms with Crippen molar-refractivity contribution in [3.63, 3.8) is 0 Å². The van der Waals surface area contributed by atoms with Gasteiger partial charge in [0.2, 0.25) is 0 Å². The van der Waals surface area contributed by atoms with E-state index < -0.39 is 0 Å². The van der Waals surface area contributed by atoms with Crippen molar-refractivity contribution in [2.24, 2.45) is 0 Å². The Morgan fingerprint density at radius 3 is 2.53 bits per heavy atom. The third-order valence-corrected chi connectivity index (χ3v) is 4.30. The van der Waals surface area contributed by atoms with E-state index in [4.69, 9.17) is 0 Å². The molecule has 0 bridgehead atoms. The van der Waals surface area contributed by atoms with E-state index in [-0.39, 0.29) is 0 Å². The molecule has 1 aliphatic rings. The molecule has 19 heavy (non-hydrogen) atoms. The number of fused-ring (bicyclic) bond motifs is 1. The first-order valence-corrected chi connectivity index (χ1v) is 7.09. The van der Waals surface area contributed by atoms with Gasteiger partial charge in [-0.3, -0.25) is 0 Å². The van der Waals surface area contributed by atoms with Gasteiger partial charge in [-0.05, 0) is 48.1 Å². The van der Waals surface area contributed by atoms with Gasteiger partial charge in [0.25, 0.3) is 0 Å². The van der Waals surface area contributed by atoms with Crippen molar-refractivity contribution in [2.45, 2.75) is 32.7 Å². The minimum Gasteiger partial charge on any atom is -0.312 e. The molecule has 0 fully saturated rings. The summed E-state index contributed by atoms with van der Waals surface area (Å²) < 4.78 is 0. The Morgan fingerprint density at radius 2 is 1.74 bits per heavy atom. The van der Waals surface area contributed by atoms with Crippen LogP contribution in [-0.2, 0) is 13.0 Å². The Bertz CT molecular complexity index is 566. The Hall–Kier alpha value is -1.60. The molecule has 0 amide bonds. The van der Waals surface area contributed by atoms with Gasteiger partial charge < -0.3 is 5.32 Å². The second kappa shape index (κ2) is 5.18. The maximum atomic E-state index is 3.55. The summed E-state index contributed by atoms with van der Waals surface area (Å²) >= 11 is 0. The Kier molecular flexibility index (Phi) is 3.39. The molecule has 1 nitrogen and oxygen atoms in total. The van der Waals surface area contributed by atoms with Gasteiger partial charge >= 0.3 is 0 Å². The van der Waals surface area contributed by atoms with E-state index in [9.17, 15) is 0 Å². The summed E-state index contributed by atoms with van der Waals surface area (Å²) in [6.07, 6.45) is 1.14. The zero-order chi connectivity index (χ0) is 13.2. The Balaban J connectivity index is 1.93. The lowest BCUT2D eigenvalue weighted by Gasteiger charge is -2.27. The molecule has 0 spiro atoms. The monoisotopic (exact) mass is 251 g/mol. The maximum Gasteiger partial charge on any atom is 0.0208 e. The molecule has 0 saturated carbocycles. The predicted molar refractivity (Wildman–Crippen MR) is 80.5 cm³/mol. The van der Waals surface area contributed by atoms with E-state index >= 15 is 0 Å². The van der Waals surface area contributed by atoms with Crippen molar-refractivity contribution in [2.75, 3.05) is 6.54 Å². The second-order valence-corrected chi connectivity index (χ2v) is 5.60. The maximum absolute atomic E-state index is 3.55. The van der Waals surface area contributed by atoms with E-state index in [1.54, 1.807) is 0 Å². The lowest BCUT2D eigenvalue weighted by molar-refractivity contribution is 0.537. The summed E-state index contributed by atoms with van der Waals surface area (Å²) in [4.78, 5) is 0. The van der Waals surface area contributed by atoms with Crippen LogP contribution < -0.4 is 5.32 Å². The van der Waals surface area contributed by atoms with E-state index in [0.29, 0.717) is 5.92 Å². The minimum absolute atomic E-state index is 0.602. The molecule has 98 valence electrons. The molecule has 3 rings (SSSR count). The number of nitrogens with one attached hydrogen (secondary N) is 1. The van der Waals surface area contributed by atoms with Gasteiger partial charge in [-0.2, -0.15) is 0 Å². The highest BCUT2D eigenvalue weighted by Crippen LogP contribution is 2.29. The van der Waals surface area contributed by atoms with Crippen molar-refractivity contribution in [3.8, 4) is 0 Å². The fourth-order valence-electron chi connectivity index (χ4n) is 3.18. The zero-order valence-corrected chi connectivity index (χ0v) is 11.7. The van der Waals surface area contributed by atoms with Crippen LogP contribution in [0.15, 0.2) is 42.5 Å². The molecule has 1 unspecified atom stereocenters. The summed E-state index contributed by atoms with van der Waals surface area (Å²) in [5.74, 6) is 0.602. The highest BCUT2D eigenvalue weighted by molar-refractivity contribution is 5.38. The molecule has 2 aromatic rings.